The van der Waals surface area contributed by atoms with Gasteiger partial charge in [-0.05, 0) is 35.7 Å². The number of carbonyl (C=O) groups excluding carboxylic acids is 1. The third-order valence-electron chi connectivity index (χ3n) is 5.90. The van der Waals surface area contributed by atoms with Gasteiger partial charge >= 0.3 is 6.18 Å². The molecule has 1 amide bonds. The van der Waals surface area contributed by atoms with E-state index in [4.69, 9.17) is 0 Å². The first-order chi connectivity index (χ1) is 14.4. The third-order valence-corrected chi connectivity index (χ3v) is 5.90. The largest absolute Gasteiger partial charge is 0.416 e. The lowest BCUT2D eigenvalue weighted by Gasteiger charge is -2.38. The van der Waals surface area contributed by atoms with E-state index in [2.05, 4.69) is 4.90 Å². The normalized spacial score (nSPS) is 17.2. The minimum Gasteiger partial charge on any atom is -0.369 e. The van der Waals surface area contributed by atoms with Gasteiger partial charge in [-0.2, -0.15) is 13.2 Å². The molecule has 4 nitrogen and oxygen atoms in total. The van der Waals surface area contributed by atoms with E-state index in [9.17, 15) is 18.0 Å². The van der Waals surface area contributed by atoms with E-state index in [1.165, 1.54) is 12.1 Å². The van der Waals surface area contributed by atoms with E-state index in [1.54, 1.807) is 11.0 Å². The Morgan fingerprint density at radius 1 is 0.867 bits per heavy atom. The summed E-state index contributed by atoms with van der Waals surface area (Å²) in [5, 5.41) is 2.04. The topological polar surface area (TPSA) is 26.8 Å². The average Bonchev–Trinajstić information content (AvgIpc) is 3.02. The van der Waals surface area contributed by atoms with Gasteiger partial charge in [-0.3, -0.25) is 14.6 Å². The van der Waals surface area contributed by atoms with Gasteiger partial charge in [-0.15, -0.1) is 0 Å². The number of carbonyl (C=O) groups is 1. The number of hydrogen-bond acceptors (Lipinski definition) is 3. The van der Waals surface area contributed by atoms with Gasteiger partial charge in [0.2, 0.25) is 0 Å². The number of nitrogens with zero attached hydrogens (tertiary/aromatic N) is 3. The molecule has 5 rings (SSSR count). The molecule has 154 valence electrons. The Bertz CT molecular complexity index is 1110. The second kappa shape index (κ2) is 7.02. The second-order valence-corrected chi connectivity index (χ2v) is 7.71. The van der Waals surface area contributed by atoms with Crippen molar-refractivity contribution in [3.8, 4) is 0 Å². The van der Waals surface area contributed by atoms with Gasteiger partial charge in [0.15, 0.2) is 0 Å². The summed E-state index contributed by atoms with van der Waals surface area (Å²) in [6.45, 7) is 3.04. The standard InChI is InChI=1S/C23H20F3N3O/c24-23(25,26)17-6-3-7-18(14-17)28-12-10-27(11-13-28)15-29-20-9-2-5-16-4-1-8-19(21(16)20)22(29)30/h1-9,14H,10-13,15H2. The number of halogens is 3. The van der Waals surface area contributed by atoms with Crippen LogP contribution < -0.4 is 9.80 Å². The molecule has 30 heavy (non-hydrogen) atoms. The first-order valence-corrected chi connectivity index (χ1v) is 9.90. The zero-order chi connectivity index (χ0) is 20.9. The molecule has 3 aromatic rings. The molecular weight excluding hydrogens is 391 g/mol. The average molecular weight is 411 g/mol. The van der Waals surface area contributed by atoms with Crippen LogP contribution in [-0.4, -0.2) is 43.7 Å². The van der Waals surface area contributed by atoms with Gasteiger partial charge in [0, 0.05) is 42.8 Å². The Hall–Kier alpha value is -3.06. The molecule has 1 fully saturated rings. The highest BCUT2D eigenvalue weighted by atomic mass is 19.4. The van der Waals surface area contributed by atoms with Gasteiger partial charge in [-0.25, -0.2) is 0 Å². The Balaban J connectivity index is 1.29. The minimum absolute atomic E-state index is 0.00195. The van der Waals surface area contributed by atoms with Crippen LogP contribution in [0, 0.1) is 0 Å². The maximum atomic E-state index is 13.0. The number of rotatable bonds is 3. The third kappa shape index (κ3) is 3.19. The predicted molar refractivity (Wildman–Crippen MR) is 111 cm³/mol. The van der Waals surface area contributed by atoms with E-state index in [-0.39, 0.29) is 5.91 Å². The summed E-state index contributed by atoms with van der Waals surface area (Å²) in [6, 6.07) is 17.2. The number of hydrogen-bond donors (Lipinski definition) is 0. The second-order valence-electron chi connectivity index (χ2n) is 7.71. The molecule has 2 aliphatic heterocycles. The molecule has 0 atom stereocenters. The van der Waals surface area contributed by atoms with Crippen LogP contribution in [0.25, 0.3) is 10.8 Å². The van der Waals surface area contributed by atoms with Gasteiger partial charge in [0.1, 0.15) is 0 Å². The van der Waals surface area contributed by atoms with Crippen molar-refractivity contribution in [3.63, 3.8) is 0 Å². The molecule has 2 aliphatic rings. The zero-order valence-corrected chi connectivity index (χ0v) is 16.2. The number of amides is 1. The molecular formula is C23H20F3N3O. The van der Waals surface area contributed by atoms with Crippen molar-refractivity contribution >= 4 is 28.1 Å². The fraction of sp³-hybridized carbons (Fsp3) is 0.261. The summed E-state index contributed by atoms with van der Waals surface area (Å²) >= 11 is 0. The molecule has 0 aliphatic carbocycles. The fourth-order valence-corrected chi connectivity index (χ4v) is 4.35. The lowest BCUT2D eigenvalue weighted by Crippen LogP contribution is -2.50. The van der Waals surface area contributed by atoms with Gasteiger partial charge < -0.3 is 4.90 Å². The summed E-state index contributed by atoms with van der Waals surface area (Å²) < 4.78 is 39.0. The van der Waals surface area contributed by atoms with Gasteiger partial charge in [0.05, 0.1) is 17.9 Å². The van der Waals surface area contributed by atoms with E-state index >= 15 is 0 Å². The molecule has 1 saturated heterocycles. The molecule has 0 N–H and O–H groups in total. The lowest BCUT2D eigenvalue weighted by atomic mass is 10.1. The first-order valence-electron chi connectivity index (χ1n) is 9.90. The van der Waals surface area contributed by atoms with E-state index in [1.807, 2.05) is 41.3 Å². The van der Waals surface area contributed by atoms with Crippen molar-refractivity contribution < 1.29 is 18.0 Å². The van der Waals surface area contributed by atoms with Crippen molar-refractivity contribution in [1.82, 2.24) is 4.90 Å². The molecule has 0 aromatic heterocycles. The van der Waals surface area contributed by atoms with E-state index in [0.717, 1.165) is 28.1 Å². The molecule has 0 bridgehead atoms. The van der Waals surface area contributed by atoms with Crippen molar-refractivity contribution in [2.24, 2.45) is 0 Å². The van der Waals surface area contributed by atoms with Crippen LogP contribution >= 0.6 is 0 Å². The quantitative estimate of drug-likeness (QED) is 0.630. The molecule has 0 spiro atoms. The highest BCUT2D eigenvalue weighted by Gasteiger charge is 2.33. The maximum absolute atomic E-state index is 13.0. The Morgan fingerprint density at radius 3 is 2.30 bits per heavy atom. The minimum atomic E-state index is -4.34. The van der Waals surface area contributed by atoms with Crippen LogP contribution in [0.1, 0.15) is 15.9 Å². The van der Waals surface area contributed by atoms with Crippen LogP contribution in [0.5, 0.6) is 0 Å². The Labute approximate surface area is 172 Å². The molecule has 0 saturated carbocycles. The van der Waals surface area contributed by atoms with Gasteiger partial charge in [0.25, 0.3) is 5.91 Å². The van der Waals surface area contributed by atoms with E-state index in [0.29, 0.717) is 38.5 Å². The highest BCUT2D eigenvalue weighted by molar-refractivity contribution is 6.24. The molecule has 7 heteroatoms. The summed E-state index contributed by atoms with van der Waals surface area (Å²) in [5.74, 6) is 0.00195. The molecule has 0 radical (unpaired) electrons. The van der Waals surface area contributed by atoms with Crippen LogP contribution in [0.4, 0.5) is 24.5 Å². The fourth-order valence-electron chi connectivity index (χ4n) is 4.35. The Morgan fingerprint density at radius 2 is 1.57 bits per heavy atom. The monoisotopic (exact) mass is 411 g/mol. The summed E-state index contributed by atoms with van der Waals surface area (Å²) in [4.78, 5) is 18.9. The zero-order valence-electron chi connectivity index (χ0n) is 16.2. The summed E-state index contributed by atoms with van der Waals surface area (Å²) in [5.41, 5.74) is 1.61. The predicted octanol–water partition coefficient (Wildman–Crippen LogP) is 4.60. The van der Waals surface area contributed by atoms with Crippen LogP contribution in [0.15, 0.2) is 60.7 Å². The van der Waals surface area contributed by atoms with Crippen LogP contribution in [-0.2, 0) is 6.18 Å². The molecule has 2 heterocycles. The van der Waals surface area contributed by atoms with Gasteiger partial charge in [-0.1, -0.05) is 30.3 Å². The highest BCUT2D eigenvalue weighted by Crippen LogP contribution is 2.37. The smallest absolute Gasteiger partial charge is 0.369 e. The van der Waals surface area contributed by atoms with Crippen molar-refractivity contribution in [1.29, 1.82) is 0 Å². The summed E-state index contributed by atoms with van der Waals surface area (Å²) in [7, 11) is 0. The van der Waals surface area contributed by atoms with E-state index < -0.39 is 11.7 Å². The molecule has 0 unspecified atom stereocenters. The van der Waals surface area contributed by atoms with Crippen molar-refractivity contribution in [2.45, 2.75) is 6.18 Å². The lowest BCUT2D eigenvalue weighted by molar-refractivity contribution is -0.137. The van der Waals surface area contributed by atoms with Crippen LogP contribution in [0.2, 0.25) is 0 Å². The number of benzene rings is 3. The Kier molecular flexibility index (Phi) is 4.43. The number of piperazine rings is 1. The maximum Gasteiger partial charge on any atom is 0.416 e. The van der Waals surface area contributed by atoms with Crippen molar-refractivity contribution in [2.75, 3.05) is 42.6 Å². The van der Waals surface area contributed by atoms with Crippen molar-refractivity contribution in [3.05, 3.63) is 71.8 Å². The SMILES string of the molecule is O=C1c2cccc3cccc(c23)N1CN1CCN(c2cccc(C(F)(F)F)c2)CC1. The summed E-state index contributed by atoms with van der Waals surface area (Å²) in [6.07, 6.45) is -4.34. The van der Waals surface area contributed by atoms with Crippen LogP contribution in [0.3, 0.4) is 0 Å². The number of alkyl halides is 3. The first kappa shape index (κ1) is 18.9. The molecule has 3 aromatic carbocycles. The number of anilines is 2.